The zero-order valence-electron chi connectivity index (χ0n) is 10.6. The van der Waals surface area contributed by atoms with Crippen molar-refractivity contribution in [1.29, 1.82) is 0 Å². The molecule has 0 heterocycles. The zero-order chi connectivity index (χ0) is 12.0. The lowest BCUT2D eigenvalue weighted by molar-refractivity contribution is 0.123. The summed E-state index contributed by atoms with van der Waals surface area (Å²) in [6.07, 6.45) is 8.95. The van der Waals surface area contributed by atoms with E-state index in [-0.39, 0.29) is 6.10 Å². The molecule has 3 nitrogen and oxygen atoms in total. The van der Waals surface area contributed by atoms with Crippen LogP contribution < -0.4 is 11.5 Å². The molecule has 5 N–H and O–H groups in total. The van der Waals surface area contributed by atoms with Crippen molar-refractivity contribution in [3.63, 3.8) is 0 Å². The Balaban J connectivity index is 0.000000160. The summed E-state index contributed by atoms with van der Waals surface area (Å²) in [4.78, 5) is 0. The Morgan fingerprint density at radius 3 is 1.44 bits per heavy atom. The molecule has 0 aromatic rings. The largest absolute Gasteiger partial charge is 0.393 e. The quantitative estimate of drug-likeness (QED) is 0.591. The van der Waals surface area contributed by atoms with E-state index in [4.69, 9.17) is 16.6 Å². The molecule has 0 aromatic heterocycles. The maximum Gasteiger partial charge on any atom is 0.0541 e. The molecule has 0 bridgehead atoms. The predicted octanol–water partition coefficient (Wildman–Crippen LogP) is 1.77. The van der Waals surface area contributed by atoms with Crippen LogP contribution in [0.4, 0.5) is 0 Å². The number of hydrogen-bond acceptors (Lipinski definition) is 3. The lowest BCUT2D eigenvalue weighted by Crippen LogP contribution is -2.28. The van der Waals surface area contributed by atoms with Crippen LogP contribution >= 0.6 is 0 Å². The molecule has 0 aromatic carbocycles. The SMILES string of the molecule is CC1CCC(N)CC1.NC1CCC(O)CC1. The van der Waals surface area contributed by atoms with Gasteiger partial charge in [-0.25, -0.2) is 0 Å². The van der Waals surface area contributed by atoms with Crippen LogP contribution in [0.3, 0.4) is 0 Å². The topological polar surface area (TPSA) is 72.3 Å². The third-order valence-electron chi connectivity index (χ3n) is 3.80. The highest BCUT2D eigenvalue weighted by Gasteiger charge is 2.15. The van der Waals surface area contributed by atoms with Gasteiger partial charge in [-0.2, -0.15) is 0 Å². The van der Waals surface area contributed by atoms with Crippen LogP contribution in [0.5, 0.6) is 0 Å². The van der Waals surface area contributed by atoms with Crippen LogP contribution in [-0.4, -0.2) is 23.3 Å². The normalized spacial score (nSPS) is 39.8. The van der Waals surface area contributed by atoms with Crippen molar-refractivity contribution in [1.82, 2.24) is 0 Å². The smallest absolute Gasteiger partial charge is 0.0541 e. The predicted molar refractivity (Wildman–Crippen MR) is 68.1 cm³/mol. The van der Waals surface area contributed by atoms with Gasteiger partial charge < -0.3 is 16.6 Å². The molecule has 0 saturated heterocycles. The van der Waals surface area contributed by atoms with E-state index in [2.05, 4.69) is 6.92 Å². The second-order valence-corrected chi connectivity index (χ2v) is 5.59. The minimum Gasteiger partial charge on any atom is -0.393 e. The maximum atomic E-state index is 8.97. The first-order valence-electron chi connectivity index (χ1n) is 6.77. The lowest BCUT2D eigenvalue weighted by Gasteiger charge is -2.22. The van der Waals surface area contributed by atoms with E-state index in [1.54, 1.807) is 0 Å². The molecule has 0 spiro atoms. The van der Waals surface area contributed by atoms with Gasteiger partial charge in [-0.3, -0.25) is 0 Å². The van der Waals surface area contributed by atoms with E-state index < -0.39 is 0 Å². The monoisotopic (exact) mass is 228 g/mol. The average molecular weight is 228 g/mol. The van der Waals surface area contributed by atoms with Gasteiger partial charge in [-0.1, -0.05) is 6.92 Å². The lowest BCUT2D eigenvalue weighted by atomic mass is 9.88. The molecule has 0 aliphatic heterocycles. The van der Waals surface area contributed by atoms with E-state index in [1.807, 2.05) is 0 Å². The molecule has 2 aliphatic rings. The van der Waals surface area contributed by atoms with Gasteiger partial charge in [-0.15, -0.1) is 0 Å². The third kappa shape index (κ3) is 5.83. The summed E-state index contributed by atoms with van der Waals surface area (Å²) in [5, 5.41) is 8.97. The molecule has 3 heteroatoms. The number of aliphatic hydroxyl groups is 1. The molecule has 2 fully saturated rings. The van der Waals surface area contributed by atoms with Gasteiger partial charge in [0.15, 0.2) is 0 Å². The summed E-state index contributed by atoms with van der Waals surface area (Å²) in [5.74, 6) is 0.940. The molecule has 0 unspecified atom stereocenters. The van der Waals surface area contributed by atoms with Crippen molar-refractivity contribution in [2.75, 3.05) is 0 Å². The Hall–Kier alpha value is -0.120. The van der Waals surface area contributed by atoms with E-state index in [0.717, 1.165) is 31.6 Å². The van der Waals surface area contributed by atoms with Crippen molar-refractivity contribution in [3.8, 4) is 0 Å². The number of rotatable bonds is 0. The molecular formula is C13H28N2O. The Labute approximate surface area is 99.6 Å². The van der Waals surface area contributed by atoms with Crippen molar-refractivity contribution in [3.05, 3.63) is 0 Å². The van der Waals surface area contributed by atoms with Crippen LogP contribution in [0.1, 0.15) is 58.3 Å². The Kier molecular flexibility index (Phi) is 6.32. The van der Waals surface area contributed by atoms with Gasteiger partial charge in [0.1, 0.15) is 0 Å². The zero-order valence-corrected chi connectivity index (χ0v) is 10.6. The summed E-state index contributed by atoms with van der Waals surface area (Å²) in [6.45, 7) is 2.31. The highest BCUT2D eigenvalue weighted by atomic mass is 16.3. The number of nitrogens with two attached hydrogens (primary N) is 2. The molecule has 16 heavy (non-hydrogen) atoms. The van der Waals surface area contributed by atoms with Gasteiger partial charge in [-0.05, 0) is 57.3 Å². The van der Waals surface area contributed by atoms with Crippen molar-refractivity contribution in [2.45, 2.75) is 76.5 Å². The summed E-state index contributed by atoms with van der Waals surface area (Å²) in [6, 6.07) is 0.879. The fraction of sp³-hybridized carbons (Fsp3) is 1.00. The maximum absolute atomic E-state index is 8.97. The van der Waals surface area contributed by atoms with E-state index >= 15 is 0 Å². The van der Waals surface area contributed by atoms with Crippen molar-refractivity contribution < 1.29 is 5.11 Å². The molecule has 96 valence electrons. The highest BCUT2D eigenvalue weighted by Crippen LogP contribution is 2.21. The van der Waals surface area contributed by atoms with Gasteiger partial charge in [0.2, 0.25) is 0 Å². The molecular weight excluding hydrogens is 200 g/mol. The van der Waals surface area contributed by atoms with Crippen molar-refractivity contribution in [2.24, 2.45) is 17.4 Å². The Morgan fingerprint density at radius 1 is 0.750 bits per heavy atom. The highest BCUT2D eigenvalue weighted by molar-refractivity contribution is 4.72. The number of hydrogen-bond donors (Lipinski definition) is 3. The second kappa shape index (κ2) is 7.25. The number of aliphatic hydroxyl groups excluding tert-OH is 1. The first-order chi connectivity index (χ1) is 7.58. The van der Waals surface area contributed by atoms with Crippen LogP contribution in [-0.2, 0) is 0 Å². The fourth-order valence-electron chi connectivity index (χ4n) is 2.39. The van der Waals surface area contributed by atoms with Gasteiger partial charge >= 0.3 is 0 Å². The minimum absolute atomic E-state index is 0.0604. The summed E-state index contributed by atoms with van der Waals surface area (Å²) < 4.78 is 0. The standard InChI is InChI=1S/C7H15N.C6H13NO/c1-6-2-4-7(8)5-3-6;7-5-1-3-6(8)4-2-5/h6-7H,2-5,8H2,1H3;5-6,8H,1-4,7H2. The fourth-order valence-corrected chi connectivity index (χ4v) is 2.39. The van der Waals surface area contributed by atoms with Gasteiger partial charge in [0.05, 0.1) is 6.10 Å². The minimum atomic E-state index is -0.0604. The van der Waals surface area contributed by atoms with Crippen LogP contribution in [0, 0.1) is 5.92 Å². The van der Waals surface area contributed by atoms with Gasteiger partial charge in [0.25, 0.3) is 0 Å². The van der Waals surface area contributed by atoms with E-state index in [1.165, 1.54) is 25.7 Å². The Morgan fingerprint density at radius 2 is 1.12 bits per heavy atom. The van der Waals surface area contributed by atoms with Gasteiger partial charge in [0, 0.05) is 12.1 Å². The molecule has 2 rings (SSSR count). The third-order valence-corrected chi connectivity index (χ3v) is 3.80. The average Bonchev–Trinajstić information content (AvgIpc) is 2.28. The second-order valence-electron chi connectivity index (χ2n) is 5.59. The Bertz CT molecular complexity index is 131. The summed E-state index contributed by atoms with van der Waals surface area (Å²) in [5.41, 5.74) is 11.3. The summed E-state index contributed by atoms with van der Waals surface area (Å²) in [7, 11) is 0. The molecule has 0 radical (unpaired) electrons. The molecule has 2 saturated carbocycles. The van der Waals surface area contributed by atoms with Crippen LogP contribution in [0.25, 0.3) is 0 Å². The summed E-state index contributed by atoms with van der Waals surface area (Å²) >= 11 is 0. The molecule has 2 aliphatic carbocycles. The molecule has 0 amide bonds. The van der Waals surface area contributed by atoms with Crippen LogP contribution in [0.15, 0.2) is 0 Å². The van der Waals surface area contributed by atoms with E-state index in [0.29, 0.717) is 12.1 Å². The van der Waals surface area contributed by atoms with E-state index in [9.17, 15) is 0 Å². The first-order valence-corrected chi connectivity index (χ1v) is 6.77. The van der Waals surface area contributed by atoms with Crippen LogP contribution in [0.2, 0.25) is 0 Å². The molecule has 0 atom stereocenters. The van der Waals surface area contributed by atoms with Crippen molar-refractivity contribution >= 4 is 0 Å². The first kappa shape index (κ1) is 13.9.